The van der Waals surface area contributed by atoms with E-state index < -0.39 is 6.10 Å². The molecule has 1 saturated carbocycles. The summed E-state index contributed by atoms with van der Waals surface area (Å²) in [6.45, 7) is 10.6. The number of carbonyl (C=O) groups excluding carboxylic acids is 1. The number of allylic oxidation sites excluding steroid dienone is 1. The van der Waals surface area contributed by atoms with Crippen molar-refractivity contribution in [3.8, 4) is 0 Å². The Bertz CT molecular complexity index is 736. The van der Waals surface area contributed by atoms with Gasteiger partial charge in [0.05, 0.1) is 11.7 Å². The quantitative estimate of drug-likeness (QED) is 0.535. The van der Waals surface area contributed by atoms with Crippen LogP contribution in [0.15, 0.2) is 52.5 Å². The zero-order valence-electron chi connectivity index (χ0n) is 15.7. The number of halogens is 1. The van der Waals surface area contributed by atoms with Crippen LogP contribution in [-0.2, 0) is 4.74 Å². The molecule has 3 nitrogen and oxygen atoms in total. The van der Waals surface area contributed by atoms with Gasteiger partial charge in [0.2, 0.25) is 0 Å². The molecule has 0 aromatic heterocycles. The molecular weight excluding hydrogens is 392 g/mol. The van der Waals surface area contributed by atoms with Gasteiger partial charge < -0.3 is 9.84 Å². The Labute approximate surface area is 164 Å². The minimum absolute atomic E-state index is 0.0677. The third-order valence-electron chi connectivity index (χ3n) is 6.27. The van der Waals surface area contributed by atoms with Gasteiger partial charge in [-0.3, -0.25) is 0 Å². The molecule has 0 aliphatic heterocycles. The van der Waals surface area contributed by atoms with Gasteiger partial charge in [0.15, 0.2) is 0 Å². The van der Waals surface area contributed by atoms with Crippen molar-refractivity contribution in [3.05, 3.63) is 58.1 Å². The van der Waals surface area contributed by atoms with Crippen molar-refractivity contribution in [3.63, 3.8) is 0 Å². The van der Waals surface area contributed by atoms with Gasteiger partial charge >= 0.3 is 5.97 Å². The third kappa shape index (κ3) is 3.67. The first-order chi connectivity index (χ1) is 12.2. The number of ether oxygens (including phenoxy) is 1. The molecule has 0 saturated heterocycles. The van der Waals surface area contributed by atoms with Gasteiger partial charge in [0, 0.05) is 4.47 Å². The van der Waals surface area contributed by atoms with Crippen molar-refractivity contribution in [2.45, 2.75) is 52.2 Å². The Morgan fingerprint density at radius 3 is 2.58 bits per heavy atom. The number of aliphatic hydroxyl groups excluding tert-OH is 1. The van der Waals surface area contributed by atoms with Crippen LogP contribution in [0.25, 0.3) is 0 Å². The first-order valence-electron chi connectivity index (χ1n) is 9.23. The molecule has 2 aliphatic rings. The minimum Gasteiger partial charge on any atom is -0.455 e. The lowest BCUT2D eigenvalue weighted by molar-refractivity contribution is 0.00937. The van der Waals surface area contributed by atoms with E-state index in [1.807, 2.05) is 25.1 Å². The lowest BCUT2D eigenvalue weighted by Crippen LogP contribution is -2.45. The van der Waals surface area contributed by atoms with Crippen LogP contribution in [0.1, 0.15) is 50.4 Å². The van der Waals surface area contributed by atoms with Crippen molar-refractivity contribution in [2.24, 2.45) is 17.3 Å². The Kier molecular flexibility index (Phi) is 5.45. The van der Waals surface area contributed by atoms with E-state index in [0.717, 1.165) is 28.5 Å². The predicted octanol–water partition coefficient (Wildman–Crippen LogP) is 5.29. The van der Waals surface area contributed by atoms with E-state index in [4.69, 9.17) is 4.74 Å². The molecule has 4 heteroatoms. The number of rotatable bonds is 3. The summed E-state index contributed by atoms with van der Waals surface area (Å²) in [5.74, 6) is 0.346. The zero-order valence-corrected chi connectivity index (χ0v) is 17.3. The Morgan fingerprint density at radius 2 is 1.96 bits per heavy atom. The molecule has 3 rings (SSSR count). The van der Waals surface area contributed by atoms with Gasteiger partial charge in [0.1, 0.15) is 6.10 Å². The SMILES string of the molecule is C=C(C)[C@@H]1C[C@@H](O)C2=C[C@@H](OC(=O)c3ccc(Br)cc3)C[C@@H](C)[C@]2(C)C1. The molecule has 1 aromatic rings. The van der Waals surface area contributed by atoms with Crippen molar-refractivity contribution < 1.29 is 14.6 Å². The van der Waals surface area contributed by atoms with Crippen molar-refractivity contribution >= 4 is 21.9 Å². The fourth-order valence-corrected chi connectivity index (χ4v) is 4.67. The van der Waals surface area contributed by atoms with Crippen molar-refractivity contribution in [1.29, 1.82) is 0 Å². The first kappa shape index (κ1) is 19.4. The molecule has 26 heavy (non-hydrogen) atoms. The molecule has 0 bridgehead atoms. The number of benzene rings is 1. The van der Waals surface area contributed by atoms with Crippen LogP contribution in [-0.4, -0.2) is 23.3 Å². The van der Waals surface area contributed by atoms with Gasteiger partial charge in [-0.25, -0.2) is 4.79 Å². The summed E-state index contributed by atoms with van der Waals surface area (Å²) in [5.41, 5.74) is 2.64. The summed E-state index contributed by atoms with van der Waals surface area (Å²) < 4.78 is 6.67. The standard InChI is InChI=1S/C22H27BrO3/c1-13(2)16-10-20(24)19-11-18(9-14(3)22(19,4)12-16)26-21(25)15-5-7-17(23)8-6-15/h5-8,11,14,16,18,20,24H,1,9-10,12H2,2-4H3/t14-,16-,18+,20-,22+/m1/s1. The highest BCUT2D eigenvalue weighted by Gasteiger charge is 2.47. The van der Waals surface area contributed by atoms with Crippen LogP contribution in [0, 0.1) is 17.3 Å². The van der Waals surface area contributed by atoms with E-state index in [2.05, 4.69) is 36.4 Å². The van der Waals surface area contributed by atoms with Gasteiger partial charge in [-0.2, -0.15) is 0 Å². The van der Waals surface area contributed by atoms with Gasteiger partial charge in [0.25, 0.3) is 0 Å². The topological polar surface area (TPSA) is 46.5 Å². The van der Waals surface area contributed by atoms with Crippen LogP contribution in [0.3, 0.4) is 0 Å². The molecule has 0 radical (unpaired) electrons. The summed E-state index contributed by atoms with van der Waals surface area (Å²) in [7, 11) is 0. The van der Waals surface area contributed by atoms with Crippen molar-refractivity contribution in [1.82, 2.24) is 0 Å². The average Bonchev–Trinajstić information content (AvgIpc) is 2.57. The van der Waals surface area contributed by atoms with Gasteiger partial charge in [-0.1, -0.05) is 41.9 Å². The second-order valence-corrected chi connectivity index (χ2v) is 9.04. The minimum atomic E-state index is -0.493. The highest BCUT2D eigenvalue weighted by molar-refractivity contribution is 9.10. The molecule has 1 aromatic carbocycles. The molecule has 1 fully saturated rings. The van der Waals surface area contributed by atoms with Crippen LogP contribution < -0.4 is 0 Å². The van der Waals surface area contributed by atoms with E-state index >= 15 is 0 Å². The molecule has 0 heterocycles. The molecule has 140 valence electrons. The largest absolute Gasteiger partial charge is 0.455 e. The molecule has 0 spiro atoms. The number of esters is 1. The van der Waals surface area contributed by atoms with Crippen molar-refractivity contribution in [2.75, 3.05) is 0 Å². The fraction of sp³-hybridized carbons (Fsp3) is 0.500. The maximum Gasteiger partial charge on any atom is 0.338 e. The summed E-state index contributed by atoms with van der Waals surface area (Å²) in [4.78, 5) is 12.5. The van der Waals surface area contributed by atoms with Crippen LogP contribution >= 0.6 is 15.9 Å². The van der Waals surface area contributed by atoms with Gasteiger partial charge in [-0.15, -0.1) is 0 Å². The highest BCUT2D eigenvalue weighted by atomic mass is 79.9. The number of carbonyl (C=O) groups is 1. The van der Waals surface area contributed by atoms with E-state index in [0.29, 0.717) is 23.8 Å². The number of hydrogen-bond acceptors (Lipinski definition) is 3. The Balaban J connectivity index is 1.80. The molecule has 0 amide bonds. The second kappa shape index (κ2) is 7.32. The first-order valence-corrected chi connectivity index (χ1v) is 10.0. The third-order valence-corrected chi connectivity index (χ3v) is 6.80. The zero-order chi connectivity index (χ0) is 19.1. The highest BCUT2D eigenvalue weighted by Crippen LogP contribution is 2.53. The Morgan fingerprint density at radius 1 is 1.31 bits per heavy atom. The van der Waals surface area contributed by atoms with Gasteiger partial charge in [-0.05, 0) is 79.4 Å². The second-order valence-electron chi connectivity index (χ2n) is 8.13. The average molecular weight is 419 g/mol. The number of aliphatic hydroxyl groups is 1. The molecule has 2 aliphatic carbocycles. The van der Waals surface area contributed by atoms with E-state index in [9.17, 15) is 9.90 Å². The number of hydrogen-bond donors (Lipinski definition) is 1. The number of fused-ring (bicyclic) bond motifs is 1. The fourth-order valence-electron chi connectivity index (χ4n) is 4.40. The van der Waals surface area contributed by atoms with E-state index in [-0.39, 0.29) is 17.5 Å². The maximum absolute atomic E-state index is 12.5. The van der Waals surface area contributed by atoms with E-state index in [1.54, 1.807) is 12.1 Å². The normalized spacial score (nSPS) is 33.8. The molecule has 1 N–H and O–H groups in total. The smallest absolute Gasteiger partial charge is 0.338 e. The summed E-state index contributed by atoms with van der Waals surface area (Å²) >= 11 is 3.37. The summed E-state index contributed by atoms with van der Waals surface area (Å²) in [6.07, 6.45) is 3.69. The predicted molar refractivity (Wildman–Crippen MR) is 107 cm³/mol. The monoisotopic (exact) mass is 418 g/mol. The lowest BCUT2D eigenvalue weighted by atomic mass is 9.56. The van der Waals surface area contributed by atoms with Crippen LogP contribution in [0.4, 0.5) is 0 Å². The van der Waals surface area contributed by atoms with E-state index in [1.165, 1.54) is 0 Å². The molecule has 0 unspecified atom stereocenters. The van der Waals surface area contributed by atoms with Crippen LogP contribution in [0.5, 0.6) is 0 Å². The summed E-state index contributed by atoms with van der Waals surface area (Å²) in [5, 5.41) is 10.8. The Hall–Kier alpha value is -1.39. The maximum atomic E-state index is 12.5. The summed E-state index contributed by atoms with van der Waals surface area (Å²) in [6, 6.07) is 7.17. The molecule has 5 atom stereocenters. The lowest BCUT2D eigenvalue weighted by Gasteiger charge is -2.50. The molecular formula is C22H27BrO3. The van der Waals surface area contributed by atoms with Crippen LogP contribution in [0.2, 0.25) is 0 Å².